The topological polar surface area (TPSA) is 29.5 Å². The van der Waals surface area contributed by atoms with Gasteiger partial charge in [-0.3, -0.25) is 0 Å². The fraction of sp³-hybridized carbons (Fsp3) is 0.250. The molecule has 2 aromatic carbocycles. The van der Waals surface area contributed by atoms with E-state index in [9.17, 15) is 9.50 Å². The smallest absolute Gasteiger partial charge is 0.138 e. The van der Waals surface area contributed by atoms with Gasteiger partial charge >= 0.3 is 0 Å². The highest BCUT2D eigenvalue weighted by Gasteiger charge is 2.08. The summed E-state index contributed by atoms with van der Waals surface area (Å²) in [6, 6.07) is 9.75. The Morgan fingerprint density at radius 1 is 1.25 bits per heavy atom. The van der Waals surface area contributed by atoms with Crippen molar-refractivity contribution >= 4 is 11.6 Å². The average molecular weight is 295 g/mol. The lowest BCUT2D eigenvalue weighted by Gasteiger charge is -2.12. The summed E-state index contributed by atoms with van der Waals surface area (Å²) in [5.41, 5.74) is 2.48. The molecule has 0 aromatic heterocycles. The van der Waals surface area contributed by atoms with Crippen molar-refractivity contribution in [2.45, 2.75) is 26.6 Å². The van der Waals surface area contributed by atoms with Crippen LogP contribution in [0, 0.1) is 12.7 Å². The highest BCUT2D eigenvalue weighted by molar-refractivity contribution is 6.32. The summed E-state index contributed by atoms with van der Waals surface area (Å²) in [7, 11) is 0. The Morgan fingerprint density at radius 3 is 2.60 bits per heavy atom. The lowest BCUT2D eigenvalue weighted by Crippen LogP contribution is -1.99. The quantitative estimate of drug-likeness (QED) is 0.904. The molecule has 2 rings (SSSR count). The zero-order valence-electron chi connectivity index (χ0n) is 11.4. The van der Waals surface area contributed by atoms with E-state index in [1.54, 1.807) is 31.2 Å². The van der Waals surface area contributed by atoms with Crippen molar-refractivity contribution in [3.63, 3.8) is 0 Å². The van der Waals surface area contributed by atoms with Gasteiger partial charge in [0.2, 0.25) is 0 Å². The summed E-state index contributed by atoms with van der Waals surface area (Å²) < 4.78 is 18.7. The van der Waals surface area contributed by atoms with Crippen LogP contribution in [0.1, 0.15) is 29.7 Å². The number of ether oxygens (including phenoxy) is 1. The first-order chi connectivity index (χ1) is 9.47. The number of halogens is 2. The van der Waals surface area contributed by atoms with Gasteiger partial charge in [-0.05, 0) is 54.8 Å². The fourth-order valence-corrected chi connectivity index (χ4v) is 2.11. The van der Waals surface area contributed by atoms with Crippen molar-refractivity contribution in [3.8, 4) is 5.75 Å². The van der Waals surface area contributed by atoms with Crippen LogP contribution in [0.25, 0.3) is 0 Å². The minimum Gasteiger partial charge on any atom is -0.487 e. The molecule has 2 aromatic rings. The minimum absolute atomic E-state index is 0.259. The van der Waals surface area contributed by atoms with Crippen LogP contribution in [0.4, 0.5) is 4.39 Å². The lowest BCUT2D eigenvalue weighted by molar-refractivity contribution is 0.199. The van der Waals surface area contributed by atoms with E-state index in [-0.39, 0.29) is 5.82 Å². The molecular weight excluding hydrogens is 279 g/mol. The SMILES string of the molecule is Cc1cc(F)ccc1COc1ccc([C@H](C)O)cc1Cl. The summed E-state index contributed by atoms with van der Waals surface area (Å²) in [6.07, 6.45) is -0.569. The molecule has 0 unspecified atom stereocenters. The van der Waals surface area contributed by atoms with Gasteiger partial charge in [0.1, 0.15) is 18.2 Å². The molecule has 4 heteroatoms. The third kappa shape index (κ3) is 3.50. The van der Waals surface area contributed by atoms with E-state index in [0.717, 1.165) is 16.7 Å². The number of aliphatic hydroxyl groups excluding tert-OH is 1. The van der Waals surface area contributed by atoms with E-state index < -0.39 is 6.10 Å². The fourth-order valence-electron chi connectivity index (χ4n) is 1.87. The minimum atomic E-state index is -0.569. The van der Waals surface area contributed by atoms with Crippen LogP contribution in [0.2, 0.25) is 5.02 Å². The number of aryl methyl sites for hydroxylation is 1. The molecule has 0 amide bonds. The van der Waals surface area contributed by atoms with Gasteiger partial charge in [0.05, 0.1) is 11.1 Å². The van der Waals surface area contributed by atoms with E-state index in [4.69, 9.17) is 16.3 Å². The maximum atomic E-state index is 13.0. The molecule has 1 N–H and O–H groups in total. The van der Waals surface area contributed by atoms with Crippen molar-refractivity contribution in [1.82, 2.24) is 0 Å². The molecular formula is C16H16ClFO2. The number of aliphatic hydroxyl groups is 1. The number of hydrogen-bond acceptors (Lipinski definition) is 2. The highest BCUT2D eigenvalue weighted by atomic mass is 35.5. The van der Waals surface area contributed by atoms with Crippen LogP contribution < -0.4 is 4.74 Å². The van der Waals surface area contributed by atoms with Crippen molar-refractivity contribution in [1.29, 1.82) is 0 Å². The largest absolute Gasteiger partial charge is 0.487 e. The van der Waals surface area contributed by atoms with E-state index in [1.165, 1.54) is 12.1 Å². The number of rotatable bonds is 4. The molecule has 0 aliphatic rings. The molecule has 0 saturated heterocycles. The Balaban J connectivity index is 2.11. The zero-order chi connectivity index (χ0) is 14.7. The van der Waals surface area contributed by atoms with Crippen molar-refractivity contribution < 1.29 is 14.2 Å². The average Bonchev–Trinajstić information content (AvgIpc) is 2.38. The van der Waals surface area contributed by atoms with E-state index >= 15 is 0 Å². The third-order valence-electron chi connectivity index (χ3n) is 3.13. The Morgan fingerprint density at radius 2 is 2.00 bits per heavy atom. The highest BCUT2D eigenvalue weighted by Crippen LogP contribution is 2.28. The molecule has 2 nitrogen and oxygen atoms in total. The molecule has 1 atom stereocenters. The second-order valence-corrected chi connectivity index (χ2v) is 5.13. The molecule has 0 spiro atoms. The van der Waals surface area contributed by atoms with Gasteiger partial charge in [0, 0.05) is 0 Å². The van der Waals surface area contributed by atoms with Gasteiger partial charge in [-0.1, -0.05) is 23.7 Å². The standard InChI is InChI=1S/C16H16ClFO2/c1-10-7-14(18)5-3-13(10)9-20-16-6-4-12(11(2)19)8-15(16)17/h3-8,11,19H,9H2,1-2H3/t11-/m0/s1. The van der Waals surface area contributed by atoms with Gasteiger partial charge in [-0.2, -0.15) is 0 Å². The lowest BCUT2D eigenvalue weighted by atomic mass is 10.1. The van der Waals surface area contributed by atoms with Crippen molar-refractivity contribution in [3.05, 3.63) is 63.9 Å². The summed E-state index contributed by atoms with van der Waals surface area (Å²) in [4.78, 5) is 0. The molecule has 0 saturated carbocycles. The van der Waals surface area contributed by atoms with Crippen LogP contribution in [0.15, 0.2) is 36.4 Å². The molecule has 0 aliphatic heterocycles. The van der Waals surface area contributed by atoms with Crippen LogP contribution in [-0.2, 0) is 6.61 Å². The Hall–Kier alpha value is -1.58. The normalized spacial score (nSPS) is 12.2. The summed E-state index contributed by atoms with van der Waals surface area (Å²) >= 11 is 6.11. The van der Waals surface area contributed by atoms with E-state index in [0.29, 0.717) is 17.4 Å². The van der Waals surface area contributed by atoms with Gasteiger partial charge in [-0.15, -0.1) is 0 Å². The molecule has 0 radical (unpaired) electrons. The molecule has 0 fully saturated rings. The Labute approximate surface area is 122 Å². The zero-order valence-corrected chi connectivity index (χ0v) is 12.1. The monoisotopic (exact) mass is 294 g/mol. The van der Waals surface area contributed by atoms with E-state index in [2.05, 4.69) is 0 Å². The molecule has 20 heavy (non-hydrogen) atoms. The number of benzene rings is 2. The van der Waals surface area contributed by atoms with Crippen molar-refractivity contribution in [2.24, 2.45) is 0 Å². The molecule has 0 aliphatic carbocycles. The Bertz CT molecular complexity index is 611. The second kappa shape index (κ2) is 6.25. The van der Waals surface area contributed by atoms with Crippen LogP contribution in [-0.4, -0.2) is 5.11 Å². The Kier molecular flexibility index (Phi) is 4.63. The van der Waals surface area contributed by atoms with Crippen molar-refractivity contribution in [2.75, 3.05) is 0 Å². The predicted molar refractivity (Wildman–Crippen MR) is 77.6 cm³/mol. The first-order valence-electron chi connectivity index (χ1n) is 6.32. The summed E-state index contributed by atoms with van der Waals surface area (Å²) in [5.74, 6) is 0.283. The number of hydrogen-bond donors (Lipinski definition) is 1. The molecule has 0 bridgehead atoms. The van der Waals surface area contributed by atoms with E-state index in [1.807, 2.05) is 6.92 Å². The van der Waals surface area contributed by atoms with Gasteiger partial charge in [-0.25, -0.2) is 4.39 Å². The van der Waals surface area contributed by atoms with Crippen LogP contribution in [0.3, 0.4) is 0 Å². The molecule has 106 valence electrons. The second-order valence-electron chi connectivity index (χ2n) is 4.73. The summed E-state index contributed by atoms with van der Waals surface area (Å²) in [5, 5.41) is 9.92. The predicted octanol–water partition coefficient (Wildman–Crippen LogP) is 4.42. The first-order valence-corrected chi connectivity index (χ1v) is 6.70. The maximum Gasteiger partial charge on any atom is 0.138 e. The van der Waals surface area contributed by atoms with Gasteiger partial charge < -0.3 is 9.84 Å². The van der Waals surface area contributed by atoms with Crippen LogP contribution >= 0.6 is 11.6 Å². The van der Waals surface area contributed by atoms with Gasteiger partial charge in [0.15, 0.2) is 0 Å². The van der Waals surface area contributed by atoms with Crippen LogP contribution in [0.5, 0.6) is 5.75 Å². The van der Waals surface area contributed by atoms with Gasteiger partial charge in [0.25, 0.3) is 0 Å². The maximum absolute atomic E-state index is 13.0. The first kappa shape index (κ1) is 14.8. The third-order valence-corrected chi connectivity index (χ3v) is 3.42. The molecule has 0 heterocycles. The summed E-state index contributed by atoms with van der Waals surface area (Å²) in [6.45, 7) is 3.83.